The highest BCUT2D eigenvalue weighted by atomic mass is 16.1. The molecule has 1 nitrogen and oxygen atoms in total. The Bertz CT molecular complexity index is 472. The van der Waals surface area contributed by atoms with Gasteiger partial charge in [-0.2, -0.15) is 0 Å². The Labute approximate surface area is 96.2 Å². The van der Waals surface area contributed by atoms with Gasteiger partial charge in [-0.05, 0) is 36.0 Å². The van der Waals surface area contributed by atoms with Gasteiger partial charge in [0.15, 0.2) is 5.78 Å². The molecule has 0 heterocycles. The third kappa shape index (κ3) is 1.27. The van der Waals surface area contributed by atoms with Crippen LogP contribution in [0.25, 0.3) is 0 Å². The summed E-state index contributed by atoms with van der Waals surface area (Å²) < 4.78 is 0. The maximum absolute atomic E-state index is 11.6. The minimum absolute atomic E-state index is 0.0423. The molecule has 0 aromatic heterocycles. The third-order valence-electron chi connectivity index (χ3n) is 4.23. The van der Waals surface area contributed by atoms with Crippen molar-refractivity contribution in [2.45, 2.75) is 31.6 Å². The van der Waals surface area contributed by atoms with E-state index in [4.69, 9.17) is 0 Å². The van der Waals surface area contributed by atoms with Gasteiger partial charge in [-0.1, -0.05) is 37.3 Å². The van der Waals surface area contributed by atoms with Gasteiger partial charge in [0.05, 0.1) is 0 Å². The Hall–Kier alpha value is -1.37. The highest BCUT2D eigenvalue weighted by molar-refractivity contribution is 5.92. The minimum atomic E-state index is 0.0423. The SMILES string of the molecule is C[C@]12CC(=O)C=C[C@H]1CCc1ccccc12. The maximum atomic E-state index is 11.6. The Balaban J connectivity index is 2.16. The van der Waals surface area contributed by atoms with Crippen LogP contribution >= 0.6 is 0 Å². The zero-order chi connectivity index (χ0) is 11.2. The summed E-state index contributed by atoms with van der Waals surface area (Å²) >= 11 is 0. The van der Waals surface area contributed by atoms with Crippen LogP contribution in [-0.2, 0) is 16.6 Å². The monoisotopic (exact) mass is 212 g/mol. The molecule has 1 heteroatoms. The topological polar surface area (TPSA) is 17.1 Å². The smallest absolute Gasteiger partial charge is 0.156 e. The first-order valence-electron chi connectivity index (χ1n) is 5.99. The van der Waals surface area contributed by atoms with E-state index in [0.29, 0.717) is 12.3 Å². The van der Waals surface area contributed by atoms with E-state index in [2.05, 4.69) is 37.3 Å². The summed E-state index contributed by atoms with van der Waals surface area (Å²) in [5, 5.41) is 0. The highest BCUT2D eigenvalue weighted by Crippen LogP contribution is 2.46. The van der Waals surface area contributed by atoms with Gasteiger partial charge in [-0.15, -0.1) is 0 Å². The van der Waals surface area contributed by atoms with Gasteiger partial charge in [-0.25, -0.2) is 0 Å². The average Bonchev–Trinajstić information content (AvgIpc) is 2.28. The van der Waals surface area contributed by atoms with E-state index in [-0.39, 0.29) is 11.2 Å². The molecule has 1 aromatic rings. The Kier molecular flexibility index (Phi) is 2.03. The van der Waals surface area contributed by atoms with Crippen molar-refractivity contribution in [3.05, 3.63) is 47.5 Å². The van der Waals surface area contributed by atoms with Crippen LogP contribution in [0.15, 0.2) is 36.4 Å². The number of fused-ring (bicyclic) bond motifs is 3. The highest BCUT2D eigenvalue weighted by Gasteiger charge is 2.41. The summed E-state index contributed by atoms with van der Waals surface area (Å²) in [6.07, 6.45) is 6.90. The molecule has 2 aliphatic carbocycles. The molecule has 0 saturated carbocycles. The zero-order valence-electron chi connectivity index (χ0n) is 9.57. The van der Waals surface area contributed by atoms with Crippen molar-refractivity contribution in [2.75, 3.05) is 0 Å². The summed E-state index contributed by atoms with van der Waals surface area (Å²) in [5.41, 5.74) is 2.87. The molecule has 3 rings (SSSR count). The number of hydrogen-bond donors (Lipinski definition) is 0. The summed E-state index contributed by atoms with van der Waals surface area (Å²) in [5.74, 6) is 0.815. The van der Waals surface area contributed by atoms with Crippen molar-refractivity contribution in [3.63, 3.8) is 0 Å². The standard InChI is InChI=1S/C15H16O/c1-15-10-13(16)9-8-12(15)7-6-11-4-2-3-5-14(11)15/h2-5,8-9,12H,6-7,10H2,1H3/t12-,15+/m1/s1. The molecule has 82 valence electrons. The number of hydrogen-bond acceptors (Lipinski definition) is 1. The lowest BCUT2D eigenvalue weighted by Crippen LogP contribution is -2.39. The van der Waals surface area contributed by atoms with E-state index in [1.54, 1.807) is 6.08 Å². The maximum Gasteiger partial charge on any atom is 0.156 e. The van der Waals surface area contributed by atoms with Crippen molar-refractivity contribution in [1.29, 1.82) is 0 Å². The van der Waals surface area contributed by atoms with Crippen LogP contribution in [0.1, 0.15) is 30.9 Å². The molecule has 0 spiro atoms. The van der Waals surface area contributed by atoms with Crippen LogP contribution < -0.4 is 0 Å². The second kappa shape index (κ2) is 3.31. The van der Waals surface area contributed by atoms with E-state index < -0.39 is 0 Å². The Morgan fingerprint density at radius 1 is 1.31 bits per heavy atom. The molecule has 16 heavy (non-hydrogen) atoms. The fourth-order valence-corrected chi connectivity index (χ4v) is 3.30. The Morgan fingerprint density at radius 2 is 2.12 bits per heavy atom. The molecule has 1 aromatic carbocycles. The van der Waals surface area contributed by atoms with Gasteiger partial charge in [0, 0.05) is 11.8 Å². The summed E-state index contributed by atoms with van der Waals surface area (Å²) in [6.45, 7) is 2.25. The average molecular weight is 212 g/mol. The number of aryl methyl sites for hydroxylation is 1. The zero-order valence-corrected chi connectivity index (χ0v) is 9.57. The van der Waals surface area contributed by atoms with Gasteiger partial charge < -0.3 is 0 Å². The molecule has 2 atom stereocenters. The number of allylic oxidation sites excluding steroid dienone is 2. The summed E-state index contributed by atoms with van der Waals surface area (Å²) in [7, 11) is 0. The van der Waals surface area contributed by atoms with Crippen molar-refractivity contribution in [3.8, 4) is 0 Å². The van der Waals surface area contributed by atoms with Gasteiger partial charge >= 0.3 is 0 Å². The van der Waals surface area contributed by atoms with E-state index in [1.807, 2.05) is 0 Å². The second-order valence-electron chi connectivity index (χ2n) is 5.22. The summed E-state index contributed by atoms with van der Waals surface area (Å²) in [4.78, 5) is 11.6. The Morgan fingerprint density at radius 3 is 3.00 bits per heavy atom. The molecule has 0 radical (unpaired) electrons. The predicted octanol–water partition coefficient (Wildman–Crippen LogP) is 3.04. The first-order chi connectivity index (χ1) is 7.70. The van der Waals surface area contributed by atoms with Gasteiger partial charge in [-0.3, -0.25) is 4.79 Å². The van der Waals surface area contributed by atoms with E-state index >= 15 is 0 Å². The first kappa shape index (κ1) is 9.83. The number of rotatable bonds is 0. The fourth-order valence-electron chi connectivity index (χ4n) is 3.30. The van der Waals surface area contributed by atoms with Crippen LogP contribution in [0.4, 0.5) is 0 Å². The summed E-state index contributed by atoms with van der Waals surface area (Å²) in [6, 6.07) is 8.60. The quantitative estimate of drug-likeness (QED) is 0.646. The van der Waals surface area contributed by atoms with Crippen molar-refractivity contribution < 1.29 is 4.79 Å². The molecule has 0 unspecified atom stereocenters. The van der Waals surface area contributed by atoms with E-state index in [1.165, 1.54) is 17.5 Å². The van der Waals surface area contributed by atoms with Crippen LogP contribution in [0.2, 0.25) is 0 Å². The number of ketones is 1. The number of carbonyl (C=O) groups is 1. The van der Waals surface area contributed by atoms with Crippen LogP contribution in [0.5, 0.6) is 0 Å². The largest absolute Gasteiger partial charge is 0.295 e. The van der Waals surface area contributed by atoms with Crippen molar-refractivity contribution in [2.24, 2.45) is 5.92 Å². The lowest BCUT2D eigenvalue weighted by Gasteiger charge is -2.43. The molecular formula is C15H16O. The third-order valence-corrected chi connectivity index (χ3v) is 4.23. The van der Waals surface area contributed by atoms with Gasteiger partial charge in [0.25, 0.3) is 0 Å². The first-order valence-corrected chi connectivity index (χ1v) is 5.99. The van der Waals surface area contributed by atoms with Crippen LogP contribution in [0.3, 0.4) is 0 Å². The molecule has 0 saturated heterocycles. The predicted molar refractivity (Wildman–Crippen MR) is 64.4 cm³/mol. The van der Waals surface area contributed by atoms with Gasteiger partial charge in [0.1, 0.15) is 0 Å². The lowest BCUT2D eigenvalue weighted by atomic mass is 9.60. The molecule has 0 fully saturated rings. The van der Waals surface area contributed by atoms with E-state index in [0.717, 1.165) is 6.42 Å². The van der Waals surface area contributed by atoms with E-state index in [9.17, 15) is 4.79 Å². The molecule has 0 N–H and O–H groups in total. The number of carbonyl (C=O) groups excluding carboxylic acids is 1. The molecule has 0 bridgehead atoms. The molecule has 0 aliphatic heterocycles. The fraction of sp³-hybridized carbons (Fsp3) is 0.400. The second-order valence-corrected chi connectivity index (χ2v) is 5.22. The van der Waals surface area contributed by atoms with Crippen LogP contribution in [0, 0.1) is 5.92 Å². The van der Waals surface area contributed by atoms with Crippen molar-refractivity contribution in [1.82, 2.24) is 0 Å². The lowest BCUT2D eigenvalue weighted by molar-refractivity contribution is -0.116. The van der Waals surface area contributed by atoms with Gasteiger partial charge in [0.2, 0.25) is 0 Å². The molecular weight excluding hydrogens is 196 g/mol. The minimum Gasteiger partial charge on any atom is -0.295 e. The normalized spacial score (nSPS) is 32.1. The molecule has 0 amide bonds. The van der Waals surface area contributed by atoms with Crippen molar-refractivity contribution >= 4 is 5.78 Å². The molecule has 2 aliphatic rings. The van der Waals surface area contributed by atoms with Crippen LogP contribution in [-0.4, -0.2) is 5.78 Å². The number of benzene rings is 1.